The van der Waals surface area contributed by atoms with Gasteiger partial charge in [-0.25, -0.2) is 8.97 Å². The lowest BCUT2D eigenvalue weighted by Crippen LogP contribution is -3.00. The van der Waals surface area contributed by atoms with Gasteiger partial charge in [-0.3, -0.25) is 0 Å². The summed E-state index contributed by atoms with van der Waals surface area (Å²) in [7, 11) is 2.08. The number of pyridine rings is 1. The van der Waals surface area contributed by atoms with E-state index in [1.807, 2.05) is 17.0 Å². The summed E-state index contributed by atoms with van der Waals surface area (Å²) in [5, 5.41) is 8.23. The monoisotopic (exact) mass is 536 g/mol. The Hall–Kier alpha value is -2.23. The first-order valence-corrected chi connectivity index (χ1v) is 9.39. The molecule has 3 heterocycles. The fourth-order valence-corrected chi connectivity index (χ4v) is 3.37. The predicted molar refractivity (Wildman–Crippen MR) is 121 cm³/mol. The molecule has 0 spiro atoms. The van der Waals surface area contributed by atoms with Crippen LogP contribution in [-0.4, -0.2) is 47.9 Å². The Morgan fingerprint density at radius 2 is 1.80 bits per heavy atom. The number of fused-ring (bicyclic) bond motifs is 1. The van der Waals surface area contributed by atoms with Gasteiger partial charge in [0.15, 0.2) is 5.69 Å². The number of guanidine groups is 1. The van der Waals surface area contributed by atoms with Gasteiger partial charge in [0.05, 0.1) is 32.7 Å². The van der Waals surface area contributed by atoms with Crippen molar-refractivity contribution < 1.29 is 26.1 Å². The number of morpholine rings is 1. The summed E-state index contributed by atoms with van der Waals surface area (Å²) < 4.78 is 9.66. The number of benzene rings is 1. The molecule has 1 saturated heterocycles. The van der Waals surface area contributed by atoms with Crippen LogP contribution >= 0.6 is 17.0 Å². The lowest BCUT2D eigenvalue weighted by atomic mass is 10.1. The van der Waals surface area contributed by atoms with Gasteiger partial charge in [-0.1, -0.05) is 12.1 Å². The van der Waals surface area contributed by atoms with Crippen LogP contribution in [0.1, 0.15) is 11.1 Å². The third-order valence-corrected chi connectivity index (χ3v) is 4.98. The molecule has 0 amide bonds. The molecule has 0 atom stereocenters. The first kappa shape index (κ1) is 24.0. The minimum atomic E-state index is 0. The highest BCUT2D eigenvalue weighted by Crippen LogP contribution is 2.20. The third-order valence-electron chi connectivity index (χ3n) is 4.98. The average Bonchev–Trinajstić information content (AvgIpc) is 3.04. The largest absolute Gasteiger partial charge is 1.00 e. The number of halogens is 2. The standard InChI is InChI=1S/C21H25N6O.2BrH/c1-16-3-8-20-25(2)19(15-27(20)14-16)18-6-4-17(5-7-18)13-23-24-21(22)26-9-11-28-12-10-26;;/h3-8,13-15H,9-12H2,1-2H3,(H2,22,24);2*1H/q+1;;/p-1/b23-13+;;. The Morgan fingerprint density at radius 3 is 2.50 bits per heavy atom. The summed E-state index contributed by atoms with van der Waals surface area (Å²) in [4.78, 5) is 1.98. The molecule has 2 N–H and O–H groups in total. The topological polar surface area (TPSA) is 72.2 Å². The van der Waals surface area contributed by atoms with Gasteiger partial charge < -0.3 is 32.4 Å². The summed E-state index contributed by atoms with van der Waals surface area (Å²) in [6.07, 6.45) is 6.01. The predicted octanol–water partition coefficient (Wildman–Crippen LogP) is -0.698. The molecule has 1 fully saturated rings. The maximum atomic E-state index is 5.98. The maximum Gasteiger partial charge on any atom is 0.286 e. The number of hydrogen-bond acceptors (Lipinski definition) is 3. The van der Waals surface area contributed by atoms with Gasteiger partial charge in [-0.05, 0) is 36.2 Å². The zero-order chi connectivity index (χ0) is 19.5. The maximum absolute atomic E-state index is 5.98. The van der Waals surface area contributed by atoms with E-state index in [0.717, 1.165) is 35.6 Å². The second-order valence-corrected chi connectivity index (χ2v) is 6.97. The second-order valence-electron chi connectivity index (χ2n) is 6.97. The van der Waals surface area contributed by atoms with Gasteiger partial charge in [0.25, 0.3) is 5.65 Å². The van der Waals surface area contributed by atoms with E-state index >= 15 is 0 Å². The third kappa shape index (κ3) is 5.27. The Morgan fingerprint density at radius 1 is 1.10 bits per heavy atom. The highest BCUT2D eigenvalue weighted by Gasteiger charge is 2.15. The molecule has 160 valence electrons. The Labute approximate surface area is 197 Å². The SMILES string of the molecule is Br.Cc1ccc2n(C)c(-c3ccc(/C=N/N=C(N)N4CCOCC4)cc3)c[n+]2c1.[Br-]. The van der Waals surface area contributed by atoms with Crippen molar-refractivity contribution in [1.29, 1.82) is 0 Å². The quantitative estimate of drug-likeness (QED) is 0.208. The van der Waals surface area contributed by atoms with Gasteiger partial charge in [-0.15, -0.1) is 22.1 Å². The lowest BCUT2D eigenvalue weighted by Gasteiger charge is -2.26. The van der Waals surface area contributed by atoms with Crippen LogP contribution in [0.2, 0.25) is 0 Å². The number of aryl methyl sites for hydroxylation is 2. The molecule has 30 heavy (non-hydrogen) atoms. The van der Waals surface area contributed by atoms with E-state index in [2.05, 4.69) is 69.8 Å². The van der Waals surface area contributed by atoms with E-state index in [4.69, 9.17) is 10.5 Å². The summed E-state index contributed by atoms with van der Waals surface area (Å²) in [6.45, 7) is 4.95. The first-order valence-electron chi connectivity index (χ1n) is 9.39. The average molecular weight is 538 g/mol. The van der Waals surface area contributed by atoms with Crippen LogP contribution in [0.25, 0.3) is 16.9 Å². The Bertz CT molecular complexity index is 1040. The number of hydrogen-bond donors (Lipinski definition) is 1. The fourth-order valence-electron chi connectivity index (χ4n) is 3.37. The van der Waals surface area contributed by atoms with Crippen LogP contribution in [0, 0.1) is 6.92 Å². The molecular formula is C21H26Br2N6O. The minimum absolute atomic E-state index is 0. The van der Waals surface area contributed by atoms with E-state index in [1.165, 1.54) is 5.56 Å². The van der Waals surface area contributed by atoms with Gasteiger partial charge in [-0.2, -0.15) is 5.10 Å². The van der Waals surface area contributed by atoms with Gasteiger partial charge in [0.2, 0.25) is 5.96 Å². The van der Waals surface area contributed by atoms with Crippen molar-refractivity contribution in [3.63, 3.8) is 0 Å². The Kier molecular flexibility index (Phi) is 8.57. The molecule has 1 aliphatic rings. The fraction of sp³-hybridized carbons (Fsp3) is 0.286. The zero-order valence-corrected chi connectivity index (χ0v) is 20.3. The number of aromatic nitrogens is 2. The molecule has 7 nitrogen and oxygen atoms in total. The van der Waals surface area contributed by atoms with E-state index < -0.39 is 0 Å². The minimum Gasteiger partial charge on any atom is -1.00 e. The molecule has 1 aliphatic heterocycles. The van der Waals surface area contributed by atoms with Crippen molar-refractivity contribution in [1.82, 2.24) is 9.47 Å². The van der Waals surface area contributed by atoms with E-state index in [0.29, 0.717) is 19.2 Å². The highest BCUT2D eigenvalue weighted by atomic mass is 79.9. The summed E-state index contributed by atoms with van der Waals surface area (Å²) >= 11 is 0. The second kappa shape index (κ2) is 10.7. The molecule has 0 bridgehead atoms. The highest BCUT2D eigenvalue weighted by molar-refractivity contribution is 8.93. The van der Waals surface area contributed by atoms with Crippen LogP contribution in [0.3, 0.4) is 0 Å². The van der Waals surface area contributed by atoms with Gasteiger partial charge in [0.1, 0.15) is 6.20 Å². The molecule has 0 aliphatic carbocycles. The van der Waals surface area contributed by atoms with Crippen molar-refractivity contribution in [2.75, 3.05) is 26.3 Å². The molecule has 1 aromatic carbocycles. The number of nitrogens with zero attached hydrogens (tertiary/aromatic N) is 5. The summed E-state index contributed by atoms with van der Waals surface area (Å²) in [5.74, 6) is 0.430. The van der Waals surface area contributed by atoms with Crippen molar-refractivity contribution in [3.8, 4) is 11.3 Å². The van der Waals surface area contributed by atoms with Crippen LogP contribution in [0.4, 0.5) is 0 Å². The lowest BCUT2D eigenvalue weighted by molar-refractivity contribution is -0.510. The number of nitrogens with two attached hydrogens (primary N) is 1. The van der Waals surface area contributed by atoms with Crippen molar-refractivity contribution in [3.05, 3.63) is 59.9 Å². The molecular weight excluding hydrogens is 512 g/mol. The molecule has 3 aromatic rings. The molecule has 0 radical (unpaired) electrons. The van der Waals surface area contributed by atoms with Gasteiger partial charge >= 0.3 is 0 Å². The van der Waals surface area contributed by atoms with Crippen LogP contribution in [-0.2, 0) is 11.8 Å². The van der Waals surface area contributed by atoms with Crippen molar-refractivity contribution in [2.24, 2.45) is 23.0 Å². The number of rotatable bonds is 3. The van der Waals surface area contributed by atoms with Crippen LogP contribution in [0.5, 0.6) is 0 Å². The molecule has 2 aromatic heterocycles. The summed E-state index contributed by atoms with van der Waals surface area (Å²) in [5.41, 5.74) is 11.6. The number of ether oxygens (including phenoxy) is 1. The van der Waals surface area contributed by atoms with E-state index in [-0.39, 0.29) is 34.0 Å². The molecule has 0 saturated carbocycles. The van der Waals surface area contributed by atoms with Crippen LogP contribution < -0.4 is 27.1 Å². The van der Waals surface area contributed by atoms with Crippen molar-refractivity contribution >= 4 is 34.8 Å². The van der Waals surface area contributed by atoms with E-state index in [1.54, 1.807) is 6.21 Å². The molecule has 0 unspecified atom stereocenters. The first-order chi connectivity index (χ1) is 13.6. The molecule has 4 rings (SSSR count). The zero-order valence-electron chi connectivity index (χ0n) is 17.0. The Balaban J connectivity index is 0.00000160. The number of imidazole rings is 1. The van der Waals surface area contributed by atoms with Gasteiger partial charge in [0, 0.05) is 24.7 Å². The van der Waals surface area contributed by atoms with E-state index in [9.17, 15) is 0 Å². The van der Waals surface area contributed by atoms with Crippen LogP contribution in [0.15, 0.2) is 59.0 Å². The van der Waals surface area contributed by atoms with Crippen molar-refractivity contribution in [2.45, 2.75) is 6.92 Å². The normalized spacial score (nSPS) is 14.6. The molecule has 9 heteroatoms. The summed E-state index contributed by atoms with van der Waals surface area (Å²) in [6, 6.07) is 12.5. The smallest absolute Gasteiger partial charge is 0.286 e.